The average molecular weight is 335 g/mol. The van der Waals surface area contributed by atoms with E-state index in [1.165, 1.54) is 0 Å². The van der Waals surface area contributed by atoms with E-state index in [-0.39, 0.29) is 6.09 Å². The zero-order chi connectivity index (χ0) is 17.5. The summed E-state index contributed by atoms with van der Waals surface area (Å²) in [5, 5.41) is 0. The average Bonchev–Trinajstić information content (AvgIpc) is 2.59. The number of aromatic nitrogens is 2. The van der Waals surface area contributed by atoms with Crippen molar-refractivity contribution in [1.82, 2.24) is 14.9 Å². The number of nitrogens with zero attached hydrogens (tertiary/aromatic N) is 5. The van der Waals surface area contributed by atoms with Crippen LogP contribution >= 0.6 is 0 Å². The van der Waals surface area contributed by atoms with Crippen LogP contribution in [0.3, 0.4) is 0 Å². The molecule has 1 fully saturated rings. The number of piperazine rings is 1. The van der Waals surface area contributed by atoms with Crippen LogP contribution in [0, 0.1) is 6.92 Å². The van der Waals surface area contributed by atoms with Crippen LogP contribution in [0.15, 0.2) is 6.07 Å². The third-order valence-electron chi connectivity index (χ3n) is 4.18. The van der Waals surface area contributed by atoms with Crippen LogP contribution in [0.25, 0.3) is 0 Å². The van der Waals surface area contributed by atoms with E-state index in [1.54, 1.807) is 4.90 Å². The van der Waals surface area contributed by atoms with Crippen LogP contribution in [-0.2, 0) is 4.74 Å². The lowest BCUT2D eigenvalue weighted by molar-refractivity contribution is 0.105. The summed E-state index contributed by atoms with van der Waals surface area (Å²) in [5.41, 5.74) is 0. The maximum atomic E-state index is 11.8. The Hall–Kier alpha value is -2.05. The van der Waals surface area contributed by atoms with E-state index in [1.807, 2.05) is 19.9 Å². The fraction of sp³-hybridized carbons (Fsp3) is 0.706. The van der Waals surface area contributed by atoms with Crippen molar-refractivity contribution in [3.05, 3.63) is 11.9 Å². The number of amides is 1. The van der Waals surface area contributed by atoms with Gasteiger partial charge >= 0.3 is 6.09 Å². The summed E-state index contributed by atoms with van der Waals surface area (Å²) in [6.45, 7) is 10.2. The number of aryl methyl sites for hydroxylation is 1. The highest BCUT2D eigenvalue weighted by Crippen LogP contribution is 2.20. The fourth-order valence-electron chi connectivity index (χ4n) is 2.74. The molecule has 1 aliphatic rings. The smallest absolute Gasteiger partial charge is 0.409 e. The van der Waals surface area contributed by atoms with E-state index in [2.05, 4.69) is 33.7 Å². The molecule has 0 unspecified atom stereocenters. The number of anilines is 2. The molecule has 134 valence electrons. The number of hydrogen-bond acceptors (Lipinski definition) is 6. The van der Waals surface area contributed by atoms with Crippen molar-refractivity contribution in [3.8, 4) is 0 Å². The molecule has 1 aliphatic heterocycles. The van der Waals surface area contributed by atoms with Crippen LogP contribution < -0.4 is 9.80 Å². The third-order valence-corrected chi connectivity index (χ3v) is 4.18. The SMILES string of the molecule is CCCCN(C)c1cc(N2CCN(C(=O)OCC)CC2)nc(C)n1. The summed E-state index contributed by atoms with van der Waals surface area (Å²) < 4.78 is 5.07. The van der Waals surface area contributed by atoms with Gasteiger partial charge in [-0.25, -0.2) is 14.8 Å². The van der Waals surface area contributed by atoms with Gasteiger partial charge in [-0.1, -0.05) is 13.3 Å². The second-order valence-corrected chi connectivity index (χ2v) is 6.08. The van der Waals surface area contributed by atoms with Gasteiger partial charge in [-0.2, -0.15) is 0 Å². The van der Waals surface area contributed by atoms with Gasteiger partial charge in [-0.3, -0.25) is 0 Å². The van der Waals surface area contributed by atoms with E-state index in [4.69, 9.17) is 4.74 Å². The number of rotatable bonds is 6. The Kier molecular flexibility index (Phi) is 6.63. The van der Waals surface area contributed by atoms with Crippen LogP contribution in [0.2, 0.25) is 0 Å². The lowest BCUT2D eigenvalue weighted by atomic mass is 10.3. The summed E-state index contributed by atoms with van der Waals surface area (Å²) in [6.07, 6.45) is 2.08. The van der Waals surface area contributed by atoms with Crippen LogP contribution in [0.5, 0.6) is 0 Å². The van der Waals surface area contributed by atoms with Gasteiger partial charge < -0.3 is 19.4 Å². The molecule has 0 spiro atoms. The van der Waals surface area contributed by atoms with Crippen molar-refractivity contribution in [3.63, 3.8) is 0 Å². The molecule has 1 amide bonds. The van der Waals surface area contributed by atoms with Crippen molar-refractivity contribution in [2.45, 2.75) is 33.6 Å². The van der Waals surface area contributed by atoms with Gasteiger partial charge in [0.05, 0.1) is 6.61 Å². The molecule has 2 rings (SSSR count). The van der Waals surface area contributed by atoms with Crippen molar-refractivity contribution in [2.75, 3.05) is 56.2 Å². The maximum Gasteiger partial charge on any atom is 0.409 e. The number of ether oxygens (including phenoxy) is 1. The Labute approximate surface area is 144 Å². The van der Waals surface area contributed by atoms with Crippen LogP contribution in [0.4, 0.5) is 16.4 Å². The highest BCUT2D eigenvalue weighted by Gasteiger charge is 2.23. The zero-order valence-electron chi connectivity index (χ0n) is 15.3. The molecule has 0 saturated carbocycles. The monoisotopic (exact) mass is 335 g/mol. The molecule has 1 aromatic heterocycles. The molecule has 0 radical (unpaired) electrons. The molecule has 1 saturated heterocycles. The van der Waals surface area contributed by atoms with Crippen molar-refractivity contribution >= 4 is 17.7 Å². The van der Waals surface area contributed by atoms with E-state index >= 15 is 0 Å². The minimum Gasteiger partial charge on any atom is -0.450 e. The Morgan fingerprint density at radius 3 is 2.58 bits per heavy atom. The van der Waals surface area contributed by atoms with Gasteiger partial charge in [0.1, 0.15) is 17.5 Å². The molecule has 7 heteroatoms. The fourth-order valence-corrected chi connectivity index (χ4v) is 2.74. The van der Waals surface area contributed by atoms with E-state index in [0.29, 0.717) is 19.7 Å². The third kappa shape index (κ3) is 4.72. The highest BCUT2D eigenvalue weighted by molar-refractivity contribution is 5.68. The number of unbranched alkanes of at least 4 members (excludes halogenated alkanes) is 1. The zero-order valence-corrected chi connectivity index (χ0v) is 15.3. The minimum absolute atomic E-state index is 0.226. The van der Waals surface area contributed by atoms with Gasteiger partial charge in [0.2, 0.25) is 0 Å². The van der Waals surface area contributed by atoms with Crippen molar-refractivity contribution in [1.29, 1.82) is 0 Å². The van der Waals surface area contributed by atoms with Gasteiger partial charge in [-0.05, 0) is 20.3 Å². The van der Waals surface area contributed by atoms with Crippen LogP contribution in [0.1, 0.15) is 32.5 Å². The molecule has 0 N–H and O–H groups in total. The molecule has 24 heavy (non-hydrogen) atoms. The molecule has 0 atom stereocenters. The minimum atomic E-state index is -0.226. The first-order valence-corrected chi connectivity index (χ1v) is 8.78. The Morgan fingerprint density at radius 1 is 1.25 bits per heavy atom. The summed E-state index contributed by atoms with van der Waals surface area (Å²) in [5.74, 6) is 2.67. The van der Waals surface area contributed by atoms with E-state index in [0.717, 1.165) is 49.9 Å². The van der Waals surface area contributed by atoms with E-state index in [9.17, 15) is 4.79 Å². The van der Waals surface area contributed by atoms with E-state index < -0.39 is 0 Å². The summed E-state index contributed by atoms with van der Waals surface area (Å²) in [6, 6.07) is 2.04. The Morgan fingerprint density at radius 2 is 1.96 bits per heavy atom. The normalized spacial score (nSPS) is 14.7. The summed E-state index contributed by atoms with van der Waals surface area (Å²) in [4.78, 5) is 27.1. The molecule has 7 nitrogen and oxygen atoms in total. The molecular weight excluding hydrogens is 306 g/mol. The molecule has 1 aromatic rings. The molecule has 0 bridgehead atoms. The van der Waals surface area contributed by atoms with Crippen molar-refractivity contribution < 1.29 is 9.53 Å². The topological polar surface area (TPSA) is 61.8 Å². The molecular formula is C17H29N5O2. The highest BCUT2D eigenvalue weighted by atomic mass is 16.6. The van der Waals surface area contributed by atoms with Gasteiger partial charge in [-0.15, -0.1) is 0 Å². The van der Waals surface area contributed by atoms with Gasteiger partial charge in [0.25, 0.3) is 0 Å². The lowest BCUT2D eigenvalue weighted by Gasteiger charge is -2.35. The van der Waals surface area contributed by atoms with Gasteiger partial charge in [0, 0.05) is 45.8 Å². The molecule has 2 heterocycles. The van der Waals surface area contributed by atoms with Crippen LogP contribution in [-0.4, -0.2) is 67.3 Å². The number of hydrogen-bond donors (Lipinski definition) is 0. The summed E-state index contributed by atoms with van der Waals surface area (Å²) in [7, 11) is 2.07. The largest absolute Gasteiger partial charge is 0.450 e. The summed E-state index contributed by atoms with van der Waals surface area (Å²) >= 11 is 0. The standard InChI is InChI=1S/C17H29N5O2/c1-5-7-8-20(4)15-13-16(19-14(3)18-15)21-9-11-22(12-10-21)17(23)24-6-2/h13H,5-12H2,1-4H3. The second-order valence-electron chi connectivity index (χ2n) is 6.08. The molecule has 0 aliphatic carbocycles. The molecule has 0 aromatic carbocycles. The predicted molar refractivity (Wildman–Crippen MR) is 95.8 cm³/mol. The first-order valence-electron chi connectivity index (χ1n) is 8.78. The number of carbonyl (C=O) groups excluding carboxylic acids is 1. The first kappa shape index (κ1) is 18.3. The first-order chi connectivity index (χ1) is 11.5. The quantitative estimate of drug-likeness (QED) is 0.795. The predicted octanol–water partition coefficient (Wildman–Crippen LogP) is 2.30. The Bertz CT molecular complexity index is 544. The van der Waals surface area contributed by atoms with Crippen molar-refractivity contribution in [2.24, 2.45) is 0 Å². The second kappa shape index (κ2) is 8.70. The number of carbonyl (C=O) groups is 1. The Balaban J connectivity index is 2.02. The lowest BCUT2D eigenvalue weighted by Crippen LogP contribution is -2.49. The maximum absolute atomic E-state index is 11.8. The van der Waals surface area contributed by atoms with Gasteiger partial charge in [0.15, 0.2) is 0 Å².